The van der Waals surface area contributed by atoms with Crippen molar-refractivity contribution in [1.29, 1.82) is 0 Å². The van der Waals surface area contributed by atoms with Crippen LogP contribution >= 0.6 is 0 Å². The molecule has 0 atom stereocenters. The fourth-order valence-electron chi connectivity index (χ4n) is 2.25. The van der Waals surface area contributed by atoms with Crippen LogP contribution in [0.25, 0.3) is 0 Å². The summed E-state index contributed by atoms with van der Waals surface area (Å²) < 4.78 is 5.01. The molecule has 1 saturated carbocycles. The monoisotopic (exact) mass is 292 g/mol. The van der Waals surface area contributed by atoms with Crippen molar-refractivity contribution in [2.24, 2.45) is 0 Å². The van der Waals surface area contributed by atoms with E-state index in [0.717, 1.165) is 18.9 Å². The van der Waals surface area contributed by atoms with Crippen LogP contribution in [0.3, 0.4) is 0 Å². The summed E-state index contributed by atoms with van der Waals surface area (Å²) in [6, 6.07) is 0.503. The highest BCUT2D eigenvalue weighted by atomic mass is 16.6. The highest BCUT2D eigenvalue weighted by molar-refractivity contribution is 5.68. The Hall–Kier alpha value is -2.12. The number of hydrogen-bond acceptors (Lipinski definition) is 7. The summed E-state index contributed by atoms with van der Waals surface area (Å²) in [7, 11) is 0. The lowest BCUT2D eigenvalue weighted by Gasteiger charge is -2.34. The molecule has 3 rings (SSSR count). The Labute approximate surface area is 123 Å². The van der Waals surface area contributed by atoms with Crippen LogP contribution in [-0.4, -0.2) is 65.0 Å². The number of nitrogens with one attached hydrogen (secondary N) is 1. The predicted molar refractivity (Wildman–Crippen MR) is 77.3 cm³/mol. The van der Waals surface area contributed by atoms with Gasteiger partial charge < -0.3 is 19.9 Å². The Balaban J connectivity index is 1.57. The average molecular weight is 292 g/mol. The molecule has 1 aliphatic heterocycles. The molecular weight excluding hydrogens is 272 g/mol. The van der Waals surface area contributed by atoms with E-state index in [4.69, 9.17) is 4.74 Å². The van der Waals surface area contributed by atoms with Crippen molar-refractivity contribution < 1.29 is 9.53 Å². The van der Waals surface area contributed by atoms with Crippen molar-refractivity contribution in [3.8, 4) is 0 Å². The number of carbonyl (C=O) groups excluding carboxylic acids is 1. The van der Waals surface area contributed by atoms with Gasteiger partial charge >= 0.3 is 6.09 Å². The number of aromatic nitrogens is 3. The third-order valence-corrected chi connectivity index (χ3v) is 3.59. The third-order valence-electron chi connectivity index (χ3n) is 3.59. The van der Waals surface area contributed by atoms with E-state index >= 15 is 0 Å². The molecule has 21 heavy (non-hydrogen) atoms. The fraction of sp³-hybridized carbons (Fsp3) is 0.692. The number of piperazine rings is 1. The van der Waals surface area contributed by atoms with E-state index in [2.05, 4.69) is 25.4 Å². The van der Waals surface area contributed by atoms with Crippen LogP contribution in [-0.2, 0) is 4.74 Å². The summed E-state index contributed by atoms with van der Waals surface area (Å²) in [5.74, 6) is 1.39. The molecule has 2 heterocycles. The number of nitrogens with zero attached hydrogens (tertiary/aromatic N) is 5. The summed E-state index contributed by atoms with van der Waals surface area (Å²) in [6.45, 7) is 4.93. The van der Waals surface area contributed by atoms with Crippen LogP contribution in [0.4, 0.5) is 16.6 Å². The van der Waals surface area contributed by atoms with E-state index in [9.17, 15) is 4.79 Å². The highest BCUT2D eigenvalue weighted by Crippen LogP contribution is 2.23. The first kappa shape index (κ1) is 13.8. The normalized spacial score (nSPS) is 18.5. The van der Waals surface area contributed by atoms with Gasteiger partial charge in [-0.1, -0.05) is 0 Å². The van der Waals surface area contributed by atoms with E-state index in [1.807, 2.05) is 6.92 Å². The van der Waals surface area contributed by atoms with Gasteiger partial charge in [-0.15, -0.1) is 5.10 Å². The van der Waals surface area contributed by atoms with Crippen molar-refractivity contribution in [1.82, 2.24) is 20.1 Å². The molecule has 1 aliphatic carbocycles. The average Bonchev–Trinajstić information content (AvgIpc) is 3.32. The zero-order chi connectivity index (χ0) is 14.7. The first-order valence-electron chi connectivity index (χ1n) is 7.39. The molecule has 2 fully saturated rings. The number of ether oxygens (including phenoxy) is 1. The van der Waals surface area contributed by atoms with Gasteiger partial charge in [-0.25, -0.2) is 4.79 Å². The largest absolute Gasteiger partial charge is 0.450 e. The van der Waals surface area contributed by atoms with E-state index in [1.165, 1.54) is 12.8 Å². The Morgan fingerprint density at radius 3 is 2.81 bits per heavy atom. The summed E-state index contributed by atoms with van der Waals surface area (Å²) in [6.07, 6.45) is 3.77. The smallest absolute Gasteiger partial charge is 0.409 e. The quantitative estimate of drug-likeness (QED) is 0.875. The van der Waals surface area contributed by atoms with E-state index in [0.29, 0.717) is 31.7 Å². The second kappa shape index (κ2) is 6.11. The van der Waals surface area contributed by atoms with Crippen molar-refractivity contribution in [3.05, 3.63) is 6.20 Å². The molecule has 1 N–H and O–H groups in total. The maximum absolute atomic E-state index is 11.7. The number of amides is 1. The van der Waals surface area contributed by atoms with Gasteiger partial charge in [0.15, 0.2) is 5.82 Å². The van der Waals surface area contributed by atoms with Crippen LogP contribution < -0.4 is 10.2 Å². The molecule has 2 aliphatic rings. The first-order valence-corrected chi connectivity index (χ1v) is 7.39. The number of hydrogen-bond donors (Lipinski definition) is 1. The van der Waals surface area contributed by atoms with Crippen LogP contribution in [0, 0.1) is 0 Å². The number of carbonyl (C=O) groups is 1. The SMILES string of the molecule is CCOC(=O)N1CCN(c2cnnc(NC3CC3)n2)CC1. The summed E-state index contributed by atoms with van der Waals surface area (Å²) in [4.78, 5) is 20.0. The van der Waals surface area contributed by atoms with Gasteiger partial charge in [-0.2, -0.15) is 10.1 Å². The van der Waals surface area contributed by atoms with Crippen LogP contribution in [0.1, 0.15) is 19.8 Å². The number of anilines is 2. The third kappa shape index (κ3) is 3.50. The van der Waals surface area contributed by atoms with Gasteiger partial charge in [0.1, 0.15) is 0 Å². The Morgan fingerprint density at radius 1 is 1.38 bits per heavy atom. The molecule has 1 aromatic heterocycles. The summed E-state index contributed by atoms with van der Waals surface area (Å²) in [5, 5.41) is 11.2. The van der Waals surface area contributed by atoms with Crippen LogP contribution in [0.2, 0.25) is 0 Å². The van der Waals surface area contributed by atoms with Crippen LogP contribution in [0.15, 0.2) is 6.20 Å². The van der Waals surface area contributed by atoms with Crippen molar-refractivity contribution >= 4 is 17.9 Å². The maximum Gasteiger partial charge on any atom is 0.409 e. The Morgan fingerprint density at radius 2 is 2.14 bits per heavy atom. The standard InChI is InChI=1S/C13H20N6O2/c1-2-21-13(20)19-7-5-18(6-8-19)11-9-14-17-12(16-11)15-10-3-4-10/h9-10H,2-8H2,1H3,(H,15,16,17). The Bertz CT molecular complexity index is 499. The van der Waals surface area contributed by atoms with Gasteiger partial charge in [-0.05, 0) is 19.8 Å². The first-order chi connectivity index (χ1) is 10.3. The zero-order valence-electron chi connectivity index (χ0n) is 12.2. The van der Waals surface area contributed by atoms with Gasteiger partial charge in [0, 0.05) is 32.2 Å². The molecule has 0 radical (unpaired) electrons. The molecule has 1 saturated heterocycles. The topological polar surface area (TPSA) is 83.5 Å². The Kier molecular flexibility index (Phi) is 4.03. The molecule has 0 bridgehead atoms. The summed E-state index contributed by atoms with van der Waals surface area (Å²) in [5.41, 5.74) is 0. The molecule has 1 amide bonds. The summed E-state index contributed by atoms with van der Waals surface area (Å²) >= 11 is 0. The van der Waals surface area contributed by atoms with E-state index in [-0.39, 0.29) is 6.09 Å². The molecule has 1 aromatic rings. The zero-order valence-corrected chi connectivity index (χ0v) is 12.2. The van der Waals surface area contributed by atoms with E-state index < -0.39 is 0 Å². The predicted octanol–water partition coefficient (Wildman–Crippen LogP) is 0.724. The van der Waals surface area contributed by atoms with Gasteiger partial charge in [-0.3, -0.25) is 0 Å². The van der Waals surface area contributed by atoms with Gasteiger partial charge in [0.05, 0.1) is 12.8 Å². The maximum atomic E-state index is 11.7. The molecule has 8 heteroatoms. The molecular formula is C13H20N6O2. The fourth-order valence-corrected chi connectivity index (χ4v) is 2.25. The lowest BCUT2D eigenvalue weighted by atomic mass is 10.3. The molecule has 0 spiro atoms. The lowest BCUT2D eigenvalue weighted by molar-refractivity contribution is 0.105. The van der Waals surface area contributed by atoms with Crippen molar-refractivity contribution in [3.63, 3.8) is 0 Å². The lowest BCUT2D eigenvalue weighted by Crippen LogP contribution is -2.49. The van der Waals surface area contributed by atoms with Gasteiger partial charge in [0.2, 0.25) is 5.95 Å². The second-order valence-corrected chi connectivity index (χ2v) is 5.23. The van der Waals surface area contributed by atoms with E-state index in [1.54, 1.807) is 11.1 Å². The minimum absolute atomic E-state index is 0.242. The van der Waals surface area contributed by atoms with Gasteiger partial charge in [0.25, 0.3) is 0 Å². The number of rotatable bonds is 4. The minimum Gasteiger partial charge on any atom is -0.450 e. The highest BCUT2D eigenvalue weighted by Gasteiger charge is 2.25. The molecule has 114 valence electrons. The minimum atomic E-state index is -0.242. The van der Waals surface area contributed by atoms with Crippen molar-refractivity contribution in [2.75, 3.05) is 43.0 Å². The second-order valence-electron chi connectivity index (χ2n) is 5.23. The molecule has 8 nitrogen and oxygen atoms in total. The molecule has 0 unspecified atom stereocenters. The molecule has 0 aromatic carbocycles. The van der Waals surface area contributed by atoms with Crippen LogP contribution in [0.5, 0.6) is 0 Å². The van der Waals surface area contributed by atoms with Crippen molar-refractivity contribution in [2.45, 2.75) is 25.8 Å².